The molecule has 3 rings (SSSR count). The first-order valence-electron chi connectivity index (χ1n) is 9.91. The van der Waals surface area contributed by atoms with Crippen LogP contribution < -0.4 is 10.2 Å². The summed E-state index contributed by atoms with van der Waals surface area (Å²) in [6.45, 7) is 1.94. The van der Waals surface area contributed by atoms with Gasteiger partial charge >= 0.3 is 11.9 Å². The molecule has 0 bridgehead atoms. The first-order valence-corrected chi connectivity index (χ1v) is 10.8. The summed E-state index contributed by atoms with van der Waals surface area (Å²) in [5, 5.41) is 10.5. The number of carboxylic acid groups (broad SMARTS) is 1. The number of amides is 3. The van der Waals surface area contributed by atoms with Crippen LogP contribution in [0.1, 0.15) is 23.7 Å². The molecule has 9 nitrogen and oxygen atoms in total. The lowest BCUT2D eigenvalue weighted by Crippen LogP contribution is -2.31. The van der Waals surface area contributed by atoms with Crippen LogP contribution >= 0.6 is 11.8 Å². The van der Waals surface area contributed by atoms with Crippen molar-refractivity contribution < 1.29 is 33.8 Å². The van der Waals surface area contributed by atoms with Gasteiger partial charge in [0.05, 0.1) is 23.1 Å². The number of carbonyl (C=O) groups excluding carboxylic acids is 4. The molecule has 0 unspecified atom stereocenters. The number of imide groups is 1. The van der Waals surface area contributed by atoms with E-state index < -0.39 is 23.1 Å². The third-order valence-corrected chi connectivity index (χ3v) is 5.68. The Morgan fingerprint density at radius 2 is 1.88 bits per heavy atom. The van der Waals surface area contributed by atoms with Crippen molar-refractivity contribution in [2.45, 2.75) is 23.5 Å². The number of aliphatic carboxylic acids is 1. The predicted octanol–water partition coefficient (Wildman–Crippen LogP) is 2.87. The summed E-state index contributed by atoms with van der Waals surface area (Å²) in [6.07, 6.45) is 1.62. The maximum atomic E-state index is 12.9. The minimum absolute atomic E-state index is 0.00106. The molecule has 1 atom stereocenters. The van der Waals surface area contributed by atoms with Crippen LogP contribution in [0.15, 0.2) is 65.6 Å². The third kappa shape index (κ3) is 6.07. The first kappa shape index (κ1) is 23.7. The Morgan fingerprint density at radius 1 is 1.15 bits per heavy atom. The van der Waals surface area contributed by atoms with Crippen molar-refractivity contribution in [3.63, 3.8) is 0 Å². The topological polar surface area (TPSA) is 130 Å². The van der Waals surface area contributed by atoms with E-state index >= 15 is 0 Å². The van der Waals surface area contributed by atoms with Crippen LogP contribution in [0.3, 0.4) is 0 Å². The Labute approximate surface area is 193 Å². The average Bonchev–Trinajstić information content (AvgIpc) is 3.05. The highest BCUT2D eigenvalue weighted by molar-refractivity contribution is 8.00. The van der Waals surface area contributed by atoms with E-state index in [9.17, 15) is 24.0 Å². The van der Waals surface area contributed by atoms with Crippen LogP contribution in [0, 0.1) is 0 Å². The van der Waals surface area contributed by atoms with Crippen molar-refractivity contribution in [3.8, 4) is 0 Å². The van der Waals surface area contributed by atoms with Crippen LogP contribution in [0.4, 0.5) is 11.4 Å². The monoisotopic (exact) mass is 468 g/mol. The van der Waals surface area contributed by atoms with Crippen molar-refractivity contribution >= 4 is 52.8 Å². The smallest absolute Gasteiger partial charge is 0.338 e. The second kappa shape index (κ2) is 10.6. The number of rotatable bonds is 8. The van der Waals surface area contributed by atoms with Gasteiger partial charge in [0, 0.05) is 29.2 Å². The fourth-order valence-corrected chi connectivity index (χ4v) is 4.18. The number of ether oxygens (including phenoxy) is 1. The number of anilines is 2. The molecule has 2 N–H and O–H groups in total. The number of carboxylic acids is 1. The Hall–Kier alpha value is -3.92. The molecule has 1 aliphatic heterocycles. The number of carbonyl (C=O) groups is 5. The normalized spacial score (nSPS) is 15.7. The highest BCUT2D eigenvalue weighted by Gasteiger charge is 2.40. The molecule has 0 aromatic heterocycles. The summed E-state index contributed by atoms with van der Waals surface area (Å²) in [7, 11) is 0. The number of nitrogens with zero attached hydrogens (tertiary/aromatic N) is 1. The summed E-state index contributed by atoms with van der Waals surface area (Å²) >= 11 is 1.19. The highest BCUT2D eigenvalue weighted by Crippen LogP contribution is 2.35. The molecule has 33 heavy (non-hydrogen) atoms. The molecule has 1 heterocycles. The zero-order valence-corrected chi connectivity index (χ0v) is 18.3. The standard InChI is InChI=1S/C23H20N2O7S/c1-2-32-23(31)14-6-8-16(9-7-14)25-20(27)13-18(22(25)30)33-17-5-3-4-15(12-17)24-19(26)10-11-21(28)29/h3-12,18H,2,13H2,1H3,(H,24,26)(H,28,29)/b11-10+/t18-/m0/s1. The molecule has 10 heteroatoms. The van der Waals surface area contributed by atoms with Gasteiger partial charge in [-0.3, -0.25) is 14.4 Å². The molecule has 1 saturated heterocycles. The van der Waals surface area contributed by atoms with Crippen LogP contribution in [-0.2, 0) is 23.9 Å². The molecule has 0 spiro atoms. The number of thioether (sulfide) groups is 1. The van der Waals surface area contributed by atoms with Gasteiger partial charge in [0.15, 0.2) is 0 Å². The molecule has 0 radical (unpaired) electrons. The minimum atomic E-state index is -1.24. The fourth-order valence-electron chi connectivity index (χ4n) is 3.07. The van der Waals surface area contributed by atoms with E-state index in [0.29, 0.717) is 21.8 Å². The lowest BCUT2D eigenvalue weighted by Gasteiger charge is -2.15. The first-order chi connectivity index (χ1) is 15.8. The fraction of sp³-hybridized carbons (Fsp3) is 0.174. The van der Waals surface area contributed by atoms with Crippen molar-refractivity contribution in [2.24, 2.45) is 0 Å². The van der Waals surface area contributed by atoms with Crippen LogP contribution in [0.25, 0.3) is 0 Å². The highest BCUT2D eigenvalue weighted by atomic mass is 32.2. The molecule has 1 fully saturated rings. The van der Waals surface area contributed by atoms with Gasteiger partial charge in [-0.15, -0.1) is 11.8 Å². The van der Waals surface area contributed by atoms with Crippen LogP contribution in [0.5, 0.6) is 0 Å². The van der Waals surface area contributed by atoms with Gasteiger partial charge in [0.1, 0.15) is 0 Å². The van der Waals surface area contributed by atoms with Crippen molar-refractivity contribution in [1.82, 2.24) is 0 Å². The lowest BCUT2D eigenvalue weighted by molar-refractivity contribution is -0.131. The third-order valence-electron chi connectivity index (χ3n) is 4.50. The predicted molar refractivity (Wildman–Crippen MR) is 121 cm³/mol. The van der Waals surface area contributed by atoms with Gasteiger partial charge in [-0.05, 0) is 49.4 Å². The number of nitrogens with one attached hydrogen (secondary N) is 1. The summed E-state index contributed by atoms with van der Waals surface area (Å²) in [5.41, 5.74) is 1.11. The summed E-state index contributed by atoms with van der Waals surface area (Å²) < 4.78 is 4.93. The van der Waals surface area contributed by atoms with Crippen LogP contribution in [-0.4, -0.2) is 46.6 Å². The van der Waals surface area contributed by atoms with Crippen LogP contribution in [0.2, 0.25) is 0 Å². The summed E-state index contributed by atoms with van der Waals surface area (Å²) in [4.78, 5) is 61.3. The minimum Gasteiger partial charge on any atom is -0.478 e. The Kier molecular flexibility index (Phi) is 7.62. The van der Waals surface area contributed by atoms with E-state index in [4.69, 9.17) is 9.84 Å². The molecule has 2 aromatic carbocycles. The SMILES string of the molecule is CCOC(=O)c1ccc(N2C(=O)C[C@H](Sc3cccc(NC(=O)/C=C/C(=O)O)c3)C2=O)cc1. The molecule has 1 aliphatic rings. The summed E-state index contributed by atoms with van der Waals surface area (Å²) in [5.74, 6) is -3.07. The summed E-state index contributed by atoms with van der Waals surface area (Å²) in [6, 6.07) is 12.7. The maximum absolute atomic E-state index is 12.9. The van der Waals surface area contributed by atoms with Gasteiger partial charge < -0.3 is 15.2 Å². The van der Waals surface area contributed by atoms with E-state index in [1.54, 1.807) is 31.2 Å². The largest absolute Gasteiger partial charge is 0.478 e. The van der Waals surface area contributed by atoms with E-state index in [-0.39, 0.29) is 24.8 Å². The second-order valence-corrected chi connectivity index (χ2v) is 8.11. The molecular formula is C23H20N2O7S. The van der Waals surface area contributed by atoms with Crippen molar-refractivity contribution in [3.05, 3.63) is 66.2 Å². The van der Waals surface area contributed by atoms with E-state index in [0.717, 1.165) is 17.1 Å². The Bertz CT molecular complexity index is 1130. The van der Waals surface area contributed by atoms with Gasteiger partial charge in [0.2, 0.25) is 17.7 Å². The lowest BCUT2D eigenvalue weighted by atomic mass is 10.2. The Morgan fingerprint density at radius 3 is 2.55 bits per heavy atom. The van der Waals surface area contributed by atoms with Gasteiger partial charge in [-0.1, -0.05) is 6.07 Å². The number of hydrogen-bond donors (Lipinski definition) is 2. The second-order valence-electron chi connectivity index (χ2n) is 6.83. The van der Waals surface area contributed by atoms with Gasteiger partial charge in [-0.25, -0.2) is 14.5 Å². The van der Waals surface area contributed by atoms with E-state index in [2.05, 4.69) is 5.32 Å². The van der Waals surface area contributed by atoms with Gasteiger partial charge in [0.25, 0.3) is 0 Å². The number of esters is 1. The van der Waals surface area contributed by atoms with E-state index in [1.165, 1.54) is 36.0 Å². The zero-order chi connectivity index (χ0) is 24.0. The van der Waals surface area contributed by atoms with Gasteiger partial charge in [-0.2, -0.15) is 0 Å². The number of hydrogen-bond acceptors (Lipinski definition) is 7. The van der Waals surface area contributed by atoms with E-state index in [1.807, 2.05) is 0 Å². The maximum Gasteiger partial charge on any atom is 0.338 e. The van der Waals surface area contributed by atoms with Crippen molar-refractivity contribution in [1.29, 1.82) is 0 Å². The average molecular weight is 468 g/mol. The molecule has 3 amide bonds. The molecule has 170 valence electrons. The molecule has 0 aliphatic carbocycles. The quantitative estimate of drug-likeness (QED) is 0.344. The Balaban J connectivity index is 1.68. The number of benzene rings is 2. The molecular weight excluding hydrogens is 448 g/mol. The van der Waals surface area contributed by atoms with Crippen molar-refractivity contribution in [2.75, 3.05) is 16.8 Å². The zero-order valence-electron chi connectivity index (χ0n) is 17.5. The molecule has 2 aromatic rings. The molecule has 0 saturated carbocycles.